The van der Waals surface area contributed by atoms with Gasteiger partial charge in [0.05, 0.1) is 10.1 Å². The fourth-order valence-electron chi connectivity index (χ4n) is 1.64. The Labute approximate surface area is 116 Å². The van der Waals surface area contributed by atoms with Crippen LogP contribution in [0.3, 0.4) is 0 Å². The molecule has 0 aliphatic heterocycles. The van der Waals surface area contributed by atoms with E-state index in [4.69, 9.17) is 0 Å². The molecule has 1 aromatic carbocycles. The second-order valence-corrected chi connectivity index (χ2v) is 5.05. The van der Waals surface area contributed by atoms with E-state index < -0.39 is 5.69 Å². The zero-order valence-corrected chi connectivity index (χ0v) is 11.7. The van der Waals surface area contributed by atoms with Gasteiger partial charge in [-0.3, -0.25) is 9.36 Å². The zero-order chi connectivity index (χ0) is 13.3. The van der Waals surface area contributed by atoms with Crippen LogP contribution in [-0.4, -0.2) is 9.13 Å². The number of hydrogen-bond donors (Lipinski definition) is 0. The molecule has 0 unspecified atom stereocenters. The molecule has 6 heteroatoms. The van der Waals surface area contributed by atoms with Crippen LogP contribution in [-0.2, 0) is 13.6 Å². The minimum atomic E-state index is -0.412. The molecule has 0 saturated carbocycles. The predicted octanol–water partition coefficient (Wildman–Crippen LogP) is 1.34. The Morgan fingerprint density at radius 3 is 2.72 bits per heavy atom. The Bertz CT molecular complexity index is 672. The number of aryl methyl sites for hydroxylation is 1. The van der Waals surface area contributed by atoms with Crippen molar-refractivity contribution in [2.24, 2.45) is 7.05 Å². The monoisotopic (exact) mass is 360 g/mol. The van der Waals surface area contributed by atoms with Crippen LogP contribution >= 0.6 is 22.6 Å². The Hall–Kier alpha value is -1.44. The minimum absolute atomic E-state index is 0.0696. The Balaban J connectivity index is 2.53. The van der Waals surface area contributed by atoms with E-state index in [0.29, 0.717) is 9.13 Å². The molecule has 0 aliphatic rings. The van der Waals surface area contributed by atoms with Crippen LogP contribution in [0.4, 0.5) is 4.39 Å². The quantitative estimate of drug-likeness (QED) is 0.759. The SMILES string of the molecule is Cn1cc(I)c(=O)n(Cc2cccc(F)c2)c1=O. The van der Waals surface area contributed by atoms with Crippen molar-refractivity contribution in [1.82, 2.24) is 9.13 Å². The summed E-state index contributed by atoms with van der Waals surface area (Å²) in [6.07, 6.45) is 1.48. The van der Waals surface area contributed by atoms with Crippen LogP contribution in [0.1, 0.15) is 5.56 Å². The van der Waals surface area contributed by atoms with Crippen molar-refractivity contribution in [2.45, 2.75) is 6.54 Å². The fourth-order valence-corrected chi connectivity index (χ4v) is 2.35. The smallest absolute Gasteiger partial charge is 0.302 e. The van der Waals surface area contributed by atoms with Crippen molar-refractivity contribution >= 4 is 22.6 Å². The third-order valence-electron chi connectivity index (χ3n) is 2.52. The van der Waals surface area contributed by atoms with Gasteiger partial charge in [0.2, 0.25) is 0 Å². The number of nitrogens with zero attached hydrogens (tertiary/aromatic N) is 2. The molecule has 0 saturated heterocycles. The molecule has 0 amide bonds. The van der Waals surface area contributed by atoms with Gasteiger partial charge in [-0.05, 0) is 40.3 Å². The van der Waals surface area contributed by atoms with E-state index in [9.17, 15) is 14.0 Å². The van der Waals surface area contributed by atoms with Crippen LogP contribution in [0, 0.1) is 9.39 Å². The summed E-state index contributed by atoms with van der Waals surface area (Å²) < 4.78 is 15.9. The molecule has 2 rings (SSSR count). The molecule has 1 aromatic heterocycles. The van der Waals surface area contributed by atoms with E-state index in [-0.39, 0.29) is 17.9 Å². The van der Waals surface area contributed by atoms with E-state index in [0.717, 1.165) is 4.57 Å². The normalized spacial score (nSPS) is 10.6. The first kappa shape index (κ1) is 13.0. The fraction of sp³-hybridized carbons (Fsp3) is 0.167. The lowest BCUT2D eigenvalue weighted by molar-refractivity contribution is 0.611. The van der Waals surface area contributed by atoms with Gasteiger partial charge in [0, 0.05) is 13.2 Å². The van der Waals surface area contributed by atoms with Crippen molar-refractivity contribution < 1.29 is 4.39 Å². The predicted molar refractivity (Wildman–Crippen MR) is 74.2 cm³/mol. The van der Waals surface area contributed by atoms with Crippen molar-refractivity contribution in [3.8, 4) is 0 Å². The molecule has 0 atom stereocenters. The second kappa shape index (κ2) is 5.05. The van der Waals surface area contributed by atoms with Gasteiger partial charge < -0.3 is 4.57 Å². The molecule has 0 radical (unpaired) electrons. The molecule has 0 bridgehead atoms. The highest BCUT2D eigenvalue weighted by Gasteiger charge is 2.08. The molecule has 2 aromatic rings. The van der Waals surface area contributed by atoms with E-state index >= 15 is 0 Å². The highest BCUT2D eigenvalue weighted by atomic mass is 127. The summed E-state index contributed by atoms with van der Waals surface area (Å²) in [5, 5.41) is 0. The lowest BCUT2D eigenvalue weighted by atomic mass is 10.2. The highest BCUT2D eigenvalue weighted by molar-refractivity contribution is 14.1. The van der Waals surface area contributed by atoms with Crippen molar-refractivity contribution in [2.75, 3.05) is 0 Å². The third-order valence-corrected chi connectivity index (χ3v) is 3.26. The average Bonchev–Trinajstić information content (AvgIpc) is 2.32. The molecule has 94 valence electrons. The van der Waals surface area contributed by atoms with Gasteiger partial charge in [-0.25, -0.2) is 9.18 Å². The van der Waals surface area contributed by atoms with Crippen LogP contribution in [0.25, 0.3) is 0 Å². The Morgan fingerprint density at radius 2 is 2.06 bits per heavy atom. The van der Waals surface area contributed by atoms with E-state index in [1.165, 1.54) is 22.9 Å². The number of halogens is 2. The molecule has 0 aliphatic carbocycles. The number of hydrogen-bond acceptors (Lipinski definition) is 2. The van der Waals surface area contributed by atoms with Gasteiger partial charge in [-0.1, -0.05) is 12.1 Å². The molecule has 1 heterocycles. The van der Waals surface area contributed by atoms with E-state index in [2.05, 4.69) is 0 Å². The summed E-state index contributed by atoms with van der Waals surface area (Å²) in [6.45, 7) is 0.0696. The Kier molecular flexibility index (Phi) is 3.65. The van der Waals surface area contributed by atoms with Crippen LogP contribution in [0.2, 0.25) is 0 Å². The topological polar surface area (TPSA) is 44.0 Å². The standard InChI is InChI=1S/C12H10FIN2O2/c1-15-7-10(14)11(17)16(12(15)18)6-8-3-2-4-9(13)5-8/h2-5,7H,6H2,1H3. The van der Waals surface area contributed by atoms with Crippen LogP contribution < -0.4 is 11.2 Å². The molecular weight excluding hydrogens is 350 g/mol. The summed E-state index contributed by atoms with van der Waals surface area (Å²) >= 11 is 1.87. The van der Waals surface area contributed by atoms with Crippen molar-refractivity contribution in [3.63, 3.8) is 0 Å². The summed E-state index contributed by atoms with van der Waals surface area (Å²) in [6, 6.07) is 5.85. The third kappa shape index (κ3) is 2.53. The van der Waals surface area contributed by atoms with Crippen molar-refractivity contribution in [1.29, 1.82) is 0 Å². The first-order valence-corrected chi connectivity index (χ1v) is 6.27. The number of aromatic nitrogens is 2. The van der Waals surface area contributed by atoms with Gasteiger partial charge >= 0.3 is 5.69 Å². The van der Waals surface area contributed by atoms with E-state index in [1.54, 1.807) is 19.2 Å². The number of rotatable bonds is 2. The lowest BCUT2D eigenvalue weighted by Gasteiger charge is -2.08. The first-order chi connectivity index (χ1) is 8.49. The highest BCUT2D eigenvalue weighted by Crippen LogP contribution is 2.04. The summed E-state index contributed by atoms with van der Waals surface area (Å²) in [5.74, 6) is -0.386. The van der Waals surface area contributed by atoms with E-state index in [1.807, 2.05) is 22.6 Å². The molecule has 0 N–H and O–H groups in total. The zero-order valence-electron chi connectivity index (χ0n) is 9.56. The molecule has 4 nitrogen and oxygen atoms in total. The maximum atomic E-state index is 13.1. The van der Waals surface area contributed by atoms with Crippen LogP contribution in [0.15, 0.2) is 40.1 Å². The average molecular weight is 360 g/mol. The maximum Gasteiger partial charge on any atom is 0.331 e. The van der Waals surface area contributed by atoms with Gasteiger partial charge in [0.1, 0.15) is 5.82 Å². The minimum Gasteiger partial charge on any atom is -0.302 e. The maximum absolute atomic E-state index is 13.1. The second-order valence-electron chi connectivity index (χ2n) is 3.89. The molecule has 0 fully saturated rings. The summed E-state index contributed by atoms with van der Waals surface area (Å²) in [5.41, 5.74) is -0.191. The van der Waals surface area contributed by atoms with Gasteiger partial charge in [0.25, 0.3) is 5.56 Å². The Morgan fingerprint density at radius 1 is 1.33 bits per heavy atom. The van der Waals surface area contributed by atoms with Gasteiger partial charge in [0.15, 0.2) is 0 Å². The summed E-state index contributed by atoms with van der Waals surface area (Å²) in [7, 11) is 1.58. The molecular formula is C12H10FIN2O2. The summed E-state index contributed by atoms with van der Waals surface area (Å²) in [4.78, 5) is 23.7. The van der Waals surface area contributed by atoms with Gasteiger partial charge in [-0.15, -0.1) is 0 Å². The van der Waals surface area contributed by atoms with Gasteiger partial charge in [-0.2, -0.15) is 0 Å². The number of benzene rings is 1. The first-order valence-electron chi connectivity index (χ1n) is 5.19. The van der Waals surface area contributed by atoms with Crippen LogP contribution in [0.5, 0.6) is 0 Å². The molecule has 18 heavy (non-hydrogen) atoms. The lowest BCUT2D eigenvalue weighted by Crippen LogP contribution is -2.40. The van der Waals surface area contributed by atoms with Crippen molar-refractivity contribution in [3.05, 3.63) is 66.3 Å². The molecule has 0 spiro atoms. The largest absolute Gasteiger partial charge is 0.331 e.